The Bertz CT molecular complexity index is 1100. The van der Waals surface area contributed by atoms with E-state index in [0.29, 0.717) is 0 Å². The fourth-order valence-corrected chi connectivity index (χ4v) is 3.70. The number of carbonyl (C=O) groups is 1. The van der Waals surface area contributed by atoms with E-state index in [1.54, 1.807) is 0 Å². The van der Waals surface area contributed by atoms with Crippen molar-refractivity contribution >= 4 is 11.4 Å². The molecule has 164 valence electrons. The maximum Gasteiger partial charge on any atom is 0.186 e. The summed E-state index contributed by atoms with van der Waals surface area (Å²) in [6.07, 6.45) is 3.96. The van der Waals surface area contributed by atoms with Gasteiger partial charge in [-0.05, 0) is 48.0 Å². The lowest BCUT2D eigenvalue weighted by atomic mass is 9.72. The van der Waals surface area contributed by atoms with Gasteiger partial charge in [-0.15, -0.1) is 0 Å². The maximum absolute atomic E-state index is 13.2. The first-order valence-electron chi connectivity index (χ1n) is 11.3. The Kier molecular flexibility index (Phi) is 6.47. The Balaban J connectivity index is 2.31. The molecule has 0 saturated carbocycles. The first kappa shape index (κ1) is 23.6. The Morgan fingerprint density at radius 1 is 0.656 bits per heavy atom. The van der Waals surface area contributed by atoms with Crippen molar-refractivity contribution in [1.82, 2.24) is 0 Å². The minimum Gasteiger partial charge on any atom is -0.289 e. The first-order chi connectivity index (χ1) is 14.9. The molecule has 0 aliphatic heterocycles. The van der Waals surface area contributed by atoms with Crippen LogP contribution in [-0.2, 0) is 4.79 Å². The molecule has 0 fully saturated rings. The van der Waals surface area contributed by atoms with Crippen molar-refractivity contribution in [2.75, 3.05) is 0 Å². The number of ketones is 1. The molecular formula is C31H34O. The van der Waals surface area contributed by atoms with E-state index in [2.05, 4.69) is 115 Å². The third-order valence-corrected chi connectivity index (χ3v) is 5.72. The van der Waals surface area contributed by atoms with E-state index < -0.39 is 0 Å². The van der Waals surface area contributed by atoms with E-state index in [9.17, 15) is 4.79 Å². The van der Waals surface area contributed by atoms with Crippen LogP contribution in [0.5, 0.6) is 0 Å². The quantitative estimate of drug-likeness (QED) is 0.449. The van der Waals surface area contributed by atoms with Crippen LogP contribution in [0.2, 0.25) is 0 Å². The lowest BCUT2D eigenvalue weighted by molar-refractivity contribution is -0.114. The van der Waals surface area contributed by atoms with Crippen LogP contribution in [0.3, 0.4) is 0 Å². The van der Waals surface area contributed by atoms with Crippen LogP contribution in [0.4, 0.5) is 0 Å². The highest BCUT2D eigenvalue weighted by atomic mass is 16.1. The Labute approximate surface area is 193 Å². The number of Topliss-reactive ketones (excluding diaryl/α,β-unsaturated/α-hetero) is 1. The van der Waals surface area contributed by atoms with Gasteiger partial charge in [-0.1, -0.05) is 113 Å². The van der Waals surface area contributed by atoms with Crippen molar-refractivity contribution in [2.45, 2.75) is 55.4 Å². The van der Waals surface area contributed by atoms with Gasteiger partial charge in [0.05, 0.1) is 0 Å². The molecular weight excluding hydrogens is 388 g/mol. The normalized spacial score (nSPS) is 14.4. The molecule has 2 aromatic rings. The minimum atomic E-state index is -0.241. The van der Waals surface area contributed by atoms with Gasteiger partial charge in [0.15, 0.2) is 5.78 Å². The number of aryl methyl sites for hydroxylation is 2. The first-order valence-corrected chi connectivity index (χ1v) is 11.3. The summed E-state index contributed by atoms with van der Waals surface area (Å²) in [4.78, 5) is 13.2. The molecule has 0 radical (unpaired) electrons. The van der Waals surface area contributed by atoms with Gasteiger partial charge in [-0.2, -0.15) is 0 Å². The Morgan fingerprint density at radius 2 is 1.03 bits per heavy atom. The molecule has 0 heterocycles. The summed E-state index contributed by atoms with van der Waals surface area (Å²) in [6.45, 7) is 16.7. The monoisotopic (exact) mass is 422 g/mol. The van der Waals surface area contributed by atoms with Crippen LogP contribution in [-0.4, -0.2) is 5.78 Å². The molecule has 1 aliphatic carbocycles. The molecule has 0 atom stereocenters. The van der Waals surface area contributed by atoms with Gasteiger partial charge in [0.25, 0.3) is 0 Å². The molecule has 1 heteroatoms. The summed E-state index contributed by atoms with van der Waals surface area (Å²) in [5.41, 5.74) is 14.5. The molecule has 1 aliphatic rings. The zero-order chi connectivity index (χ0) is 23.7. The van der Waals surface area contributed by atoms with Crippen LogP contribution in [0.15, 0.2) is 88.9 Å². The zero-order valence-electron chi connectivity index (χ0n) is 20.7. The predicted octanol–water partition coefficient (Wildman–Crippen LogP) is 7.94. The minimum absolute atomic E-state index is 0.136. The molecule has 1 nitrogen and oxygen atoms in total. The summed E-state index contributed by atoms with van der Waals surface area (Å²) >= 11 is 0. The van der Waals surface area contributed by atoms with Crippen LogP contribution >= 0.6 is 0 Å². The number of benzene rings is 2. The molecule has 0 aromatic heterocycles. The molecule has 32 heavy (non-hydrogen) atoms. The van der Waals surface area contributed by atoms with Crippen molar-refractivity contribution < 1.29 is 4.79 Å². The standard InChI is InChI=1S/C31H34O/c1-21-9-14-24(15-10-21)26(25-16-11-22(2)12-17-25)18-13-23-19-27(30(3,4)5)29(32)28(20-23)31(6,7)8/h9-12,14-17,19-20H,1-8H3. The smallest absolute Gasteiger partial charge is 0.186 e. The van der Waals surface area contributed by atoms with Crippen molar-refractivity contribution in [3.8, 4) is 0 Å². The largest absolute Gasteiger partial charge is 0.289 e. The van der Waals surface area contributed by atoms with Crippen LogP contribution in [0, 0.1) is 24.7 Å². The highest BCUT2D eigenvalue weighted by molar-refractivity contribution is 6.11. The Hall–Kier alpha value is -3.11. The molecule has 0 spiro atoms. The summed E-state index contributed by atoms with van der Waals surface area (Å²) < 4.78 is 0. The van der Waals surface area contributed by atoms with Gasteiger partial charge in [0.1, 0.15) is 0 Å². The highest BCUT2D eigenvalue weighted by Gasteiger charge is 2.33. The van der Waals surface area contributed by atoms with E-state index in [1.807, 2.05) is 12.2 Å². The van der Waals surface area contributed by atoms with Gasteiger partial charge in [-0.25, -0.2) is 0 Å². The summed E-state index contributed by atoms with van der Waals surface area (Å²) in [5, 5.41) is 0. The maximum atomic E-state index is 13.2. The van der Waals surface area contributed by atoms with E-state index in [0.717, 1.165) is 33.4 Å². The average molecular weight is 423 g/mol. The topological polar surface area (TPSA) is 17.1 Å². The fraction of sp³-hybridized carbons (Fsp3) is 0.323. The van der Waals surface area contributed by atoms with Crippen molar-refractivity contribution in [3.05, 3.63) is 111 Å². The van der Waals surface area contributed by atoms with E-state index >= 15 is 0 Å². The van der Waals surface area contributed by atoms with E-state index in [-0.39, 0.29) is 16.6 Å². The second-order valence-electron chi connectivity index (χ2n) is 10.8. The molecule has 0 bridgehead atoms. The SMILES string of the molecule is Cc1ccc(C(=C=C=C2C=C(C(C)(C)C)C(=O)C(C(C)(C)C)=C2)c2ccc(C)cc2)cc1. The third kappa shape index (κ3) is 5.38. The zero-order valence-corrected chi connectivity index (χ0v) is 20.7. The fourth-order valence-electron chi connectivity index (χ4n) is 3.70. The van der Waals surface area contributed by atoms with Gasteiger partial charge in [-0.3, -0.25) is 4.79 Å². The van der Waals surface area contributed by atoms with Gasteiger partial charge < -0.3 is 0 Å². The summed E-state index contributed by atoms with van der Waals surface area (Å²) in [5.74, 6) is 0.136. The van der Waals surface area contributed by atoms with Crippen molar-refractivity contribution in [3.63, 3.8) is 0 Å². The third-order valence-electron chi connectivity index (χ3n) is 5.72. The molecule has 2 aromatic carbocycles. The second kappa shape index (κ2) is 8.79. The molecule has 0 unspecified atom stereocenters. The number of rotatable bonds is 2. The molecule has 3 rings (SSSR count). The van der Waals surface area contributed by atoms with E-state index in [1.165, 1.54) is 11.1 Å². The Morgan fingerprint density at radius 3 is 1.38 bits per heavy atom. The van der Waals surface area contributed by atoms with Gasteiger partial charge in [0, 0.05) is 22.3 Å². The van der Waals surface area contributed by atoms with Crippen molar-refractivity contribution in [1.29, 1.82) is 0 Å². The molecule has 0 amide bonds. The van der Waals surface area contributed by atoms with Gasteiger partial charge >= 0.3 is 0 Å². The van der Waals surface area contributed by atoms with E-state index in [4.69, 9.17) is 0 Å². The number of hydrogen-bond acceptors (Lipinski definition) is 1. The summed E-state index contributed by atoms with van der Waals surface area (Å²) in [7, 11) is 0. The van der Waals surface area contributed by atoms with Crippen LogP contribution in [0.25, 0.3) is 5.57 Å². The molecule has 0 N–H and O–H groups in total. The number of carbonyl (C=O) groups excluding carboxylic acids is 1. The highest BCUT2D eigenvalue weighted by Crippen LogP contribution is 2.38. The lowest BCUT2D eigenvalue weighted by Crippen LogP contribution is -2.27. The van der Waals surface area contributed by atoms with Gasteiger partial charge in [0.2, 0.25) is 0 Å². The van der Waals surface area contributed by atoms with Crippen molar-refractivity contribution in [2.24, 2.45) is 10.8 Å². The average Bonchev–Trinajstić information content (AvgIpc) is 2.70. The predicted molar refractivity (Wildman–Crippen MR) is 135 cm³/mol. The summed E-state index contributed by atoms with van der Waals surface area (Å²) in [6, 6.07) is 17.0. The lowest BCUT2D eigenvalue weighted by Gasteiger charge is -2.30. The second-order valence-corrected chi connectivity index (χ2v) is 10.8. The van der Waals surface area contributed by atoms with Crippen LogP contribution in [0.1, 0.15) is 63.8 Å². The number of hydrogen-bond donors (Lipinski definition) is 0. The number of allylic oxidation sites excluding steroid dienone is 5. The van der Waals surface area contributed by atoms with Crippen LogP contribution < -0.4 is 0 Å². The molecule has 0 saturated heterocycles.